The number of aliphatic carboxylic acids is 1. The Morgan fingerprint density at radius 3 is 2.62 bits per heavy atom. The SMILES string of the molecule is Cc1nc(-c2ccc(C(F)(F)F)c(F)c2)oc1CSc1cccc(CC(=O)O)c1. The summed E-state index contributed by atoms with van der Waals surface area (Å²) in [6.45, 7) is 1.68. The number of hydrogen-bond acceptors (Lipinski definition) is 4. The fourth-order valence-corrected chi connectivity index (χ4v) is 3.61. The summed E-state index contributed by atoms with van der Waals surface area (Å²) in [5.41, 5.74) is -0.0351. The Labute approximate surface area is 167 Å². The molecule has 9 heteroatoms. The van der Waals surface area contributed by atoms with Crippen molar-refractivity contribution in [2.24, 2.45) is 0 Å². The van der Waals surface area contributed by atoms with Crippen molar-refractivity contribution in [2.45, 2.75) is 30.2 Å². The third kappa shape index (κ3) is 5.17. The number of halogens is 4. The van der Waals surface area contributed by atoms with Crippen LogP contribution in [0, 0.1) is 12.7 Å². The summed E-state index contributed by atoms with van der Waals surface area (Å²) in [7, 11) is 0. The van der Waals surface area contributed by atoms with Crippen molar-refractivity contribution in [3.05, 3.63) is 70.9 Å². The first kappa shape index (κ1) is 20.9. The van der Waals surface area contributed by atoms with Crippen LogP contribution in [0.1, 0.15) is 22.6 Å². The molecule has 0 aliphatic carbocycles. The number of carboxylic acid groups (broad SMARTS) is 1. The van der Waals surface area contributed by atoms with E-state index in [2.05, 4.69) is 4.98 Å². The van der Waals surface area contributed by atoms with Gasteiger partial charge in [0.2, 0.25) is 5.89 Å². The van der Waals surface area contributed by atoms with Crippen molar-refractivity contribution in [3.63, 3.8) is 0 Å². The van der Waals surface area contributed by atoms with Crippen molar-refractivity contribution < 1.29 is 31.9 Å². The number of hydrogen-bond donors (Lipinski definition) is 1. The number of thioether (sulfide) groups is 1. The smallest absolute Gasteiger partial charge is 0.419 e. The van der Waals surface area contributed by atoms with Crippen LogP contribution < -0.4 is 0 Å². The Hall–Kier alpha value is -2.81. The second-order valence-electron chi connectivity index (χ2n) is 6.23. The van der Waals surface area contributed by atoms with Gasteiger partial charge < -0.3 is 9.52 Å². The van der Waals surface area contributed by atoms with Gasteiger partial charge in [-0.1, -0.05) is 12.1 Å². The van der Waals surface area contributed by atoms with Gasteiger partial charge in [-0.05, 0) is 42.8 Å². The lowest BCUT2D eigenvalue weighted by atomic mass is 10.1. The molecule has 0 bridgehead atoms. The molecule has 0 saturated heterocycles. The summed E-state index contributed by atoms with van der Waals surface area (Å²) < 4.78 is 57.5. The van der Waals surface area contributed by atoms with E-state index >= 15 is 0 Å². The highest BCUT2D eigenvalue weighted by Gasteiger charge is 2.34. The number of carbonyl (C=O) groups is 1. The van der Waals surface area contributed by atoms with E-state index in [1.165, 1.54) is 11.8 Å². The minimum absolute atomic E-state index is 0.0327. The Balaban J connectivity index is 1.76. The lowest BCUT2D eigenvalue weighted by Gasteiger charge is -2.08. The Kier molecular flexibility index (Phi) is 5.97. The number of benzene rings is 2. The third-order valence-corrected chi connectivity index (χ3v) is 5.03. The van der Waals surface area contributed by atoms with Crippen LogP contribution in [0.25, 0.3) is 11.5 Å². The maximum atomic E-state index is 13.8. The van der Waals surface area contributed by atoms with Crippen LogP contribution in [0.5, 0.6) is 0 Å². The summed E-state index contributed by atoms with van der Waals surface area (Å²) in [6, 6.07) is 9.58. The molecule has 1 N–H and O–H groups in total. The van der Waals surface area contributed by atoms with Crippen LogP contribution in [0.4, 0.5) is 17.6 Å². The summed E-state index contributed by atoms with van der Waals surface area (Å²) in [5, 5.41) is 8.88. The quantitative estimate of drug-likeness (QED) is 0.404. The highest BCUT2D eigenvalue weighted by Crippen LogP contribution is 2.34. The average Bonchev–Trinajstić information content (AvgIpc) is 2.99. The molecule has 0 saturated carbocycles. The zero-order chi connectivity index (χ0) is 21.2. The summed E-state index contributed by atoms with van der Waals surface area (Å²) in [5.74, 6) is -1.42. The van der Waals surface area contributed by atoms with E-state index in [1.807, 2.05) is 6.07 Å². The Morgan fingerprint density at radius 1 is 1.21 bits per heavy atom. The number of carboxylic acids is 1. The summed E-state index contributed by atoms with van der Waals surface area (Å²) in [4.78, 5) is 15.8. The molecule has 29 heavy (non-hydrogen) atoms. The monoisotopic (exact) mass is 425 g/mol. The summed E-state index contributed by atoms with van der Waals surface area (Å²) in [6.07, 6.45) is -4.86. The molecule has 0 unspecified atom stereocenters. The predicted molar refractivity (Wildman–Crippen MR) is 99.0 cm³/mol. The zero-order valence-corrected chi connectivity index (χ0v) is 15.9. The predicted octanol–water partition coefficient (Wildman–Crippen LogP) is 5.73. The number of oxazole rings is 1. The van der Waals surface area contributed by atoms with Crippen LogP contribution in [-0.2, 0) is 23.1 Å². The molecule has 0 aliphatic heterocycles. The highest BCUT2D eigenvalue weighted by atomic mass is 32.2. The second kappa shape index (κ2) is 8.28. The molecule has 0 aliphatic rings. The van der Waals surface area contributed by atoms with Crippen molar-refractivity contribution in [1.29, 1.82) is 0 Å². The van der Waals surface area contributed by atoms with Crippen LogP contribution in [-0.4, -0.2) is 16.1 Å². The van der Waals surface area contributed by atoms with Crippen LogP contribution >= 0.6 is 11.8 Å². The van der Waals surface area contributed by atoms with Gasteiger partial charge in [0, 0.05) is 10.5 Å². The maximum Gasteiger partial charge on any atom is 0.419 e. The average molecular weight is 425 g/mol. The van der Waals surface area contributed by atoms with E-state index in [0.29, 0.717) is 28.8 Å². The van der Waals surface area contributed by atoms with Crippen molar-refractivity contribution >= 4 is 17.7 Å². The maximum absolute atomic E-state index is 13.8. The van der Waals surface area contributed by atoms with Gasteiger partial charge in [-0.15, -0.1) is 11.8 Å². The van der Waals surface area contributed by atoms with Gasteiger partial charge in [-0.25, -0.2) is 9.37 Å². The molecule has 1 aromatic heterocycles. The number of nitrogens with zero attached hydrogens (tertiary/aromatic N) is 1. The fraction of sp³-hybridized carbons (Fsp3) is 0.200. The standard InChI is InChI=1S/C20H15F4NO3S/c1-11-17(10-29-14-4-2-3-12(7-14)8-18(26)27)28-19(25-11)13-5-6-15(16(21)9-13)20(22,23)24/h2-7,9H,8,10H2,1H3,(H,26,27). The Morgan fingerprint density at radius 2 is 1.97 bits per heavy atom. The van der Waals surface area contributed by atoms with Crippen LogP contribution in [0.2, 0.25) is 0 Å². The van der Waals surface area contributed by atoms with E-state index in [1.54, 1.807) is 25.1 Å². The van der Waals surface area contributed by atoms with Gasteiger partial charge in [0.1, 0.15) is 11.6 Å². The van der Waals surface area contributed by atoms with Gasteiger partial charge in [0.05, 0.1) is 23.4 Å². The number of alkyl halides is 3. The number of aromatic nitrogens is 1. The zero-order valence-electron chi connectivity index (χ0n) is 15.1. The molecule has 0 radical (unpaired) electrons. The van der Waals surface area contributed by atoms with Crippen molar-refractivity contribution in [1.82, 2.24) is 4.98 Å². The molecule has 3 rings (SSSR count). The normalized spacial score (nSPS) is 11.6. The van der Waals surface area contributed by atoms with Crippen molar-refractivity contribution in [2.75, 3.05) is 0 Å². The number of rotatable bonds is 6. The largest absolute Gasteiger partial charge is 0.481 e. The minimum Gasteiger partial charge on any atom is -0.481 e. The number of aryl methyl sites for hydroxylation is 1. The van der Waals surface area contributed by atoms with Crippen LogP contribution in [0.3, 0.4) is 0 Å². The van der Waals surface area contributed by atoms with Gasteiger partial charge >= 0.3 is 12.1 Å². The van der Waals surface area contributed by atoms with E-state index in [9.17, 15) is 22.4 Å². The molecule has 4 nitrogen and oxygen atoms in total. The molecule has 0 spiro atoms. The van der Waals surface area contributed by atoms with E-state index < -0.39 is 23.5 Å². The van der Waals surface area contributed by atoms with E-state index in [0.717, 1.165) is 17.0 Å². The first-order valence-electron chi connectivity index (χ1n) is 8.40. The van der Waals surface area contributed by atoms with Gasteiger partial charge in [-0.2, -0.15) is 13.2 Å². The molecule has 3 aromatic rings. The topological polar surface area (TPSA) is 63.3 Å². The molecule has 0 atom stereocenters. The first-order valence-corrected chi connectivity index (χ1v) is 9.39. The Bertz CT molecular complexity index is 1050. The molecule has 152 valence electrons. The third-order valence-electron chi connectivity index (χ3n) is 4.04. The second-order valence-corrected chi connectivity index (χ2v) is 7.28. The summed E-state index contributed by atoms with van der Waals surface area (Å²) >= 11 is 1.40. The minimum atomic E-state index is -4.77. The molecular weight excluding hydrogens is 410 g/mol. The molecular formula is C20H15F4NO3S. The highest BCUT2D eigenvalue weighted by molar-refractivity contribution is 7.98. The lowest BCUT2D eigenvalue weighted by Crippen LogP contribution is -2.07. The van der Waals surface area contributed by atoms with Gasteiger partial charge in [-0.3, -0.25) is 4.79 Å². The van der Waals surface area contributed by atoms with Gasteiger partial charge in [0.15, 0.2) is 0 Å². The lowest BCUT2D eigenvalue weighted by molar-refractivity contribution is -0.140. The molecule has 2 aromatic carbocycles. The molecule has 1 heterocycles. The van der Waals surface area contributed by atoms with E-state index in [4.69, 9.17) is 9.52 Å². The molecule has 0 amide bonds. The van der Waals surface area contributed by atoms with Crippen molar-refractivity contribution in [3.8, 4) is 11.5 Å². The molecule has 0 fully saturated rings. The fourth-order valence-electron chi connectivity index (χ4n) is 2.63. The first-order chi connectivity index (χ1) is 13.6. The van der Waals surface area contributed by atoms with Crippen LogP contribution in [0.15, 0.2) is 51.8 Å². The van der Waals surface area contributed by atoms with E-state index in [-0.39, 0.29) is 17.9 Å². The van der Waals surface area contributed by atoms with Gasteiger partial charge in [0.25, 0.3) is 0 Å².